The van der Waals surface area contributed by atoms with E-state index in [2.05, 4.69) is 15.9 Å². The van der Waals surface area contributed by atoms with E-state index in [9.17, 15) is 14.9 Å². The Kier molecular flexibility index (Phi) is 11.1. The first-order chi connectivity index (χ1) is 9.06. The summed E-state index contributed by atoms with van der Waals surface area (Å²) in [6.45, 7) is 1.93. The molecule has 19 heavy (non-hydrogen) atoms. The van der Waals surface area contributed by atoms with Crippen molar-refractivity contribution in [3.05, 3.63) is 44.9 Å². The number of hydrogen-bond acceptors (Lipinski definition) is 3. The van der Waals surface area contributed by atoms with Crippen molar-refractivity contribution in [2.45, 2.75) is 39.0 Å². The van der Waals surface area contributed by atoms with E-state index in [-0.39, 0.29) is 17.3 Å². The van der Waals surface area contributed by atoms with Crippen LogP contribution in [0.1, 0.15) is 39.0 Å². The molecule has 0 N–H and O–H groups in total. The quantitative estimate of drug-likeness (QED) is 0.554. The fourth-order valence-electron chi connectivity index (χ4n) is 1.32. The Morgan fingerprint density at radius 2 is 1.79 bits per heavy atom. The smallest absolute Gasteiger partial charge is 0.204 e. The SMILES string of the molecule is Brc1ccccc1.CCCCC(=O)CCC[N+](=O)[O-]. The summed E-state index contributed by atoms with van der Waals surface area (Å²) in [5.74, 6) is 0.152. The molecule has 0 radical (unpaired) electrons. The molecule has 0 atom stereocenters. The summed E-state index contributed by atoms with van der Waals surface area (Å²) >= 11 is 3.31. The van der Waals surface area contributed by atoms with E-state index in [0.717, 1.165) is 17.3 Å². The van der Waals surface area contributed by atoms with Crippen LogP contribution < -0.4 is 0 Å². The zero-order valence-corrected chi connectivity index (χ0v) is 12.8. The summed E-state index contributed by atoms with van der Waals surface area (Å²) in [6, 6.07) is 9.97. The van der Waals surface area contributed by atoms with E-state index < -0.39 is 0 Å². The van der Waals surface area contributed by atoms with E-state index in [1.54, 1.807) is 0 Å². The molecule has 0 amide bonds. The van der Waals surface area contributed by atoms with Crippen LogP contribution in [0.15, 0.2) is 34.8 Å². The molecule has 0 fully saturated rings. The van der Waals surface area contributed by atoms with Gasteiger partial charge in [-0.25, -0.2) is 0 Å². The van der Waals surface area contributed by atoms with Crippen molar-refractivity contribution in [3.8, 4) is 0 Å². The molecule has 0 spiro atoms. The van der Waals surface area contributed by atoms with Gasteiger partial charge in [0, 0.05) is 28.7 Å². The summed E-state index contributed by atoms with van der Waals surface area (Å²) in [7, 11) is 0. The van der Waals surface area contributed by atoms with Crippen LogP contribution >= 0.6 is 15.9 Å². The number of carbonyl (C=O) groups is 1. The molecule has 0 heterocycles. The Bertz CT molecular complexity index is 368. The van der Waals surface area contributed by atoms with Crippen LogP contribution in [0.2, 0.25) is 0 Å². The molecule has 1 rings (SSSR count). The minimum Gasteiger partial charge on any atom is -0.300 e. The molecule has 0 unspecified atom stereocenters. The molecule has 5 heteroatoms. The maximum atomic E-state index is 11.0. The fourth-order valence-corrected chi connectivity index (χ4v) is 1.62. The van der Waals surface area contributed by atoms with Gasteiger partial charge in [-0.3, -0.25) is 14.9 Å². The van der Waals surface area contributed by atoms with Gasteiger partial charge in [-0.05, 0) is 18.6 Å². The molecule has 106 valence electrons. The zero-order chi connectivity index (χ0) is 14.5. The van der Waals surface area contributed by atoms with E-state index in [0.29, 0.717) is 19.3 Å². The topological polar surface area (TPSA) is 60.2 Å². The molecule has 0 aliphatic rings. The highest BCUT2D eigenvalue weighted by atomic mass is 79.9. The first kappa shape index (κ1) is 17.8. The Labute approximate surface area is 122 Å². The molecule has 0 aromatic heterocycles. The monoisotopic (exact) mass is 329 g/mol. The van der Waals surface area contributed by atoms with Crippen LogP contribution in [0.3, 0.4) is 0 Å². The van der Waals surface area contributed by atoms with Crippen LogP contribution in [0.4, 0.5) is 0 Å². The second kappa shape index (κ2) is 11.8. The van der Waals surface area contributed by atoms with Crippen molar-refractivity contribution >= 4 is 21.7 Å². The first-order valence-corrected chi connectivity index (χ1v) is 7.19. The molecule has 0 aliphatic carbocycles. The molecule has 1 aromatic carbocycles. The van der Waals surface area contributed by atoms with Gasteiger partial charge in [0.1, 0.15) is 5.78 Å². The van der Waals surface area contributed by atoms with Crippen LogP contribution in [-0.4, -0.2) is 17.3 Å². The molecule has 4 nitrogen and oxygen atoms in total. The van der Waals surface area contributed by atoms with Gasteiger partial charge < -0.3 is 0 Å². The predicted octanol–water partition coefficient (Wildman–Crippen LogP) is 4.25. The summed E-state index contributed by atoms with van der Waals surface area (Å²) in [5.41, 5.74) is 0. The van der Waals surface area contributed by atoms with Crippen molar-refractivity contribution in [2.24, 2.45) is 0 Å². The Morgan fingerprint density at radius 3 is 2.21 bits per heavy atom. The number of Topliss-reactive ketones (excluding diaryl/α,β-unsaturated/α-hetero) is 1. The minimum atomic E-state index is -0.382. The van der Waals surface area contributed by atoms with Gasteiger partial charge in [0.25, 0.3) is 0 Å². The van der Waals surface area contributed by atoms with Crippen LogP contribution in [0, 0.1) is 10.1 Å². The van der Waals surface area contributed by atoms with Crippen LogP contribution in [-0.2, 0) is 4.79 Å². The first-order valence-electron chi connectivity index (χ1n) is 6.40. The second-order valence-electron chi connectivity index (χ2n) is 4.10. The second-order valence-corrected chi connectivity index (χ2v) is 5.01. The number of rotatable bonds is 7. The summed E-state index contributed by atoms with van der Waals surface area (Å²) in [5, 5.41) is 9.89. The third-order valence-corrected chi connectivity index (χ3v) is 2.87. The number of hydrogen-bond donors (Lipinski definition) is 0. The van der Waals surface area contributed by atoms with Gasteiger partial charge in [-0.15, -0.1) is 0 Å². The van der Waals surface area contributed by atoms with Crippen molar-refractivity contribution in [1.82, 2.24) is 0 Å². The molecule has 0 saturated carbocycles. The van der Waals surface area contributed by atoms with Crippen molar-refractivity contribution < 1.29 is 9.72 Å². The van der Waals surface area contributed by atoms with E-state index >= 15 is 0 Å². The number of halogens is 1. The lowest BCUT2D eigenvalue weighted by atomic mass is 10.1. The highest BCUT2D eigenvalue weighted by molar-refractivity contribution is 9.10. The molecule has 0 saturated heterocycles. The lowest BCUT2D eigenvalue weighted by Gasteiger charge is -1.96. The maximum Gasteiger partial charge on any atom is 0.204 e. The predicted molar refractivity (Wildman–Crippen MR) is 79.8 cm³/mol. The molecular formula is C14H20BrNO3. The lowest BCUT2D eigenvalue weighted by molar-refractivity contribution is -0.480. The van der Waals surface area contributed by atoms with E-state index in [1.165, 1.54) is 0 Å². The maximum absolute atomic E-state index is 11.0. The van der Waals surface area contributed by atoms with E-state index in [1.807, 2.05) is 37.3 Å². The number of nitrogens with zero attached hydrogens (tertiary/aromatic N) is 1. The van der Waals surface area contributed by atoms with E-state index in [4.69, 9.17) is 0 Å². The lowest BCUT2D eigenvalue weighted by Crippen LogP contribution is -2.04. The van der Waals surface area contributed by atoms with Gasteiger partial charge in [-0.1, -0.05) is 47.5 Å². The van der Waals surface area contributed by atoms with Gasteiger partial charge in [-0.2, -0.15) is 0 Å². The number of benzene rings is 1. The number of nitro groups is 1. The highest BCUT2D eigenvalue weighted by Gasteiger charge is 2.03. The van der Waals surface area contributed by atoms with Gasteiger partial charge in [0.2, 0.25) is 6.54 Å². The largest absolute Gasteiger partial charge is 0.300 e. The minimum absolute atomic E-state index is 0.0855. The van der Waals surface area contributed by atoms with Gasteiger partial charge >= 0.3 is 0 Å². The normalized spacial score (nSPS) is 9.37. The standard InChI is InChI=1S/C8H15NO3.C6H5Br/c1-2-3-5-8(10)6-4-7-9(11)12;7-6-4-2-1-3-5-6/h2-7H2,1H3;1-5H. The van der Waals surface area contributed by atoms with Crippen LogP contribution in [0.5, 0.6) is 0 Å². The third kappa shape index (κ3) is 13.0. The molecular weight excluding hydrogens is 310 g/mol. The fraction of sp³-hybridized carbons (Fsp3) is 0.500. The molecule has 0 bridgehead atoms. The number of unbranched alkanes of at least 4 members (excludes halogenated alkanes) is 1. The summed E-state index contributed by atoms with van der Waals surface area (Å²) in [6.07, 6.45) is 3.23. The Hall–Kier alpha value is -1.23. The molecule has 0 aliphatic heterocycles. The van der Waals surface area contributed by atoms with Gasteiger partial charge in [0.15, 0.2) is 0 Å². The average molecular weight is 330 g/mol. The summed E-state index contributed by atoms with van der Waals surface area (Å²) in [4.78, 5) is 20.5. The van der Waals surface area contributed by atoms with Crippen molar-refractivity contribution in [2.75, 3.05) is 6.54 Å². The third-order valence-electron chi connectivity index (χ3n) is 2.34. The zero-order valence-electron chi connectivity index (χ0n) is 11.2. The highest BCUT2D eigenvalue weighted by Crippen LogP contribution is 2.05. The molecule has 1 aromatic rings. The average Bonchev–Trinajstić information content (AvgIpc) is 2.37. The van der Waals surface area contributed by atoms with Crippen molar-refractivity contribution in [1.29, 1.82) is 0 Å². The van der Waals surface area contributed by atoms with Crippen molar-refractivity contribution in [3.63, 3.8) is 0 Å². The number of ketones is 1. The summed E-state index contributed by atoms with van der Waals surface area (Å²) < 4.78 is 1.13. The van der Waals surface area contributed by atoms with Crippen LogP contribution in [0.25, 0.3) is 0 Å². The Balaban J connectivity index is 0.000000388. The number of carbonyl (C=O) groups excluding carboxylic acids is 1. The van der Waals surface area contributed by atoms with Gasteiger partial charge in [0.05, 0.1) is 0 Å². The Morgan fingerprint density at radius 1 is 1.21 bits per heavy atom.